The van der Waals surface area contributed by atoms with E-state index in [4.69, 9.17) is 4.74 Å². The number of hydrogen-bond acceptors (Lipinski definition) is 3. The Hall–Kier alpha value is -1.06. The third-order valence-corrected chi connectivity index (χ3v) is 4.51. The quantitative estimate of drug-likeness (QED) is 0.582. The monoisotopic (exact) mass is 267 g/mol. The zero-order chi connectivity index (χ0) is 13.7. The van der Waals surface area contributed by atoms with Crippen molar-refractivity contribution in [3.63, 3.8) is 0 Å². The molecule has 108 valence electrons. The van der Waals surface area contributed by atoms with Crippen LogP contribution in [-0.2, 0) is 14.3 Å². The average Bonchev–Trinajstić information content (AvgIpc) is 2.78. The van der Waals surface area contributed by atoms with Crippen molar-refractivity contribution in [1.29, 1.82) is 0 Å². The number of carbonyl (C=O) groups is 2. The lowest BCUT2D eigenvalue weighted by Gasteiger charge is -2.20. The normalized spacial score (nSPS) is 25.1. The van der Waals surface area contributed by atoms with Crippen molar-refractivity contribution in [2.24, 2.45) is 11.8 Å². The predicted octanol–water partition coefficient (Wildman–Crippen LogP) is 2.37. The molecule has 0 aromatic carbocycles. The molecular weight excluding hydrogens is 242 g/mol. The van der Waals surface area contributed by atoms with Crippen molar-refractivity contribution in [2.75, 3.05) is 20.2 Å². The third-order valence-electron chi connectivity index (χ3n) is 4.51. The molecule has 0 radical (unpaired) electrons. The minimum atomic E-state index is -0.176. The number of amides is 1. The Morgan fingerprint density at radius 1 is 1.11 bits per heavy atom. The number of likely N-dealkylation sites (tertiary alicyclic amines) is 1. The fraction of sp³-hybridized carbons (Fsp3) is 0.867. The molecule has 2 aliphatic rings. The Bertz CT molecular complexity index is 321. The fourth-order valence-electron chi connectivity index (χ4n) is 3.29. The van der Waals surface area contributed by atoms with E-state index >= 15 is 0 Å². The van der Waals surface area contributed by atoms with Crippen LogP contribution in [0.25, 0.3) is 0 Å². The molecule has 4 heteroatoms. The van der Waals surface area contributed by atoms with Crippen molar-refractivity contribution in [1.82, 2.24) is 4.90 Å². The molecule has 19 heavy (non-hydrogen) atoms. The van der Waals surface area contributed by atoms with Gasteiger partial charge >= 0.3 is 5.97 Å². The van der Waals surface area contributed by atoms with Gasteiger partial charge < -0.3 is 9.64 Å². The molecule has 1 unspecified atom stereocenters. The third kappa shape index (κ3) is 3.95. The van der Waals surface area contributed by atoms with Gasteiger partial charge in [-0.2, -0.15) is 0 Å². The second kappa shape index (κ2) is 6.92. The Morgan fingerprint density at radius 3 is 2.42 bits per heavy atom. The molecule has 1 saturated carbocycles. The van der Waals surface area contributed by atoms with Gasteiger partial charge in [-0.15, -0.1) is 0 Å². The van der Waals surface area contributed by atoms with E-state index in [0.717, 1.165) is 6.42 Å². The summed E-state index contributed by atoms with van der Waals surface area (Å²) in [6, 6.07) is 0. The number of ether oxygens (including phenoxy) is 1. The molecule has 1 aliphatic carbocycles. The molecule has 0 aromatic rings. The Kier molecular flexibility index (Phi) is 5.23. The van der Waals surface area contributed by atoms with Crippen LogP contribution < -0.4 is 0 Å². The van der Waals surface area contributed by atoms with Gasteiger partial charge in [-0.25, -0.2) is 0 Å². The number of rotatable bonds is 3. The summed E-state index contributed by atoms with van der Waals surface area (Å²) < 4.78 is 4.75. The van der Waals surface area contributed by atoms with Crippen LogP contribution in [-0.4, -0.2) is 37.0 Å². The molecule has 2 rings (SSSR count). The lowest BCUT2D eigenvalue weighted by molar-refractivity contribution is -0.145. The Labute approximate surface area is 115 Å². The summed E-state index contributed by atoms with van der Waals surface area (Å²) in [5.74, 6) is 0.512. The van der Waals surface area contributed by atoms with E-state index in [2.05, 4.69) is 0 Å². The van der Waals surface area contributed by atoms with Crippen LogP contribution in [0.2, 0.25) is 0 Å². The summed E-state index contributed by atoms with van der Waals surface area (Å²) in [5.41, 5.74) is 0. The second-order valence-electron chi connectivity index (χ2n) is 5.91. The minimum Gasteiger partial charge on any atom is -0.469 e. The van der Waals surface area contributed by atoms with Gasteiger partial charge in [-0.3, -0.25) is 9.59 Å². The summed E-state index contributed by atoms with van der Waals surface area (Å²) in [7, 11) is 1.42. The summed E-state index contributed by atoms with van der Waals surface area (Å²) in [5, 5.41) is 0. The van der Waals surface area contributed by atoms with Crippen molar-refractivity contribution in [2.45, 2.75) is 51.4 Å². The SMILES string of the molecule is COC(=O)C1CCN(C(=O)CC2CCCCCC2)C1. The lowest BCUT2D eigenvalue weighted by Crippen LogP contribution is -2.31. The highest BCUT2D eigenvalue weighted by atomic mass is 16.5. The van der Waals surface area contributed by atoms with Crippen LogP contribution in [0.4, 0.5) is 0 Å². The summed E-state index contributed by atoms with van der Waals surface area (Å²) in [4.78, 5) is 25.6. The molecule has 1 heterocycles. The molecule has 1 saturated heterocycles. The highest BCUT2D eigenvalue weighted by Gasteiger charge is 2.32. The number of nitrogens with zero attached hydrogens (tertiary/aromatic N) is 1. The number of carbonyl (C=O) groups excluding carboxylic acids is 2. The van der Waals surface area contributed by atoms with E-state index in [1.165, 1.54) is 45.6 Å². The fourth-order valence-corrected chi connectivity index (χ4v) is 3.29. The van der Waals surface area contributed by atoms with Crippen molar-refractivity contribution >= 4 is 11.9 Å². The van der Waals surface area contributed by atoms with Crippen molar-refractivity contribution in [3.8, 4) is 0 Å². The lowest BCUT2D eigenvalue weighted by atomic mass is 9.96. The van der Waals surface area contributed by atoms with E-state index in [-0.39, 0.29) is 17.8 Å². The van der Waals surface area contributed by atoms with Gasteiger partial charge in [0.05, 0.1) is 13.0 Å². The van der Waals surface area contributed by atoms with Gasteiger partial charge in [-0.1, -0.05) is 25.7 Å². The smallest absolute Gasteiger partial charge is 0.310 e. The van der Waals surface area contributed by atoms with E-state index in [1.807, 2.05) is 4.90 Å². The minimum absolute atomic E-state index is 0.108. The average molecular weight is 267 g/mol. The molecule has 0 N–H and O–H groups in total. The second-order valence-corrected chi connectivity index (χ2v) is 5.91. The first-order valence-electron chi connectivity index (χ1n) is 7.56. The maximum atomic E-state index is 12.3. The molecule has 0 spiro atoms. The predicted molar refractivity (Wildman–Crippen MR) is 72.5 cm³/mol. The van der Waals surface area contributed by atoms with Crippen LogP contribution in [0.1, 0.15) is 51.4 Å². The molecule has 2 fully saturated rings. The summed E-state index contributed by atoms with van der Waals surface area (Å²) in [6.45, 7) is 1.27. The largest absolute Gasteiger partial charge is 0.469 e. The molecule has 1 atom stereocenters. The molecule has 1 amide bonds. The first-order chi connectivity index (χ1) is 9.20. The van der Waals surface area contributed by atoms with Gasteiger partial charge in [0, 0.05) is 19.5 Å². The molecule has 4 nitrogen and oxygen atoms in total. The maximum Gasteiger partial charge on any atom is 0.310 e. The summed E-state index contributed by atoms with van der Waals surface area (Å²) >= 11 is 0. The molecule has 1 aliphatic heterocycles. The van der Waals surface area contributed by atoms with Gasteiger partial charge in [0.25, 0.3) is 0 Å². The van der Waals surface area contributed by atoms with E-state index in [9.17, 15) is 9.59 Å². The van der Waals surface area contributed by atoms with Crippen molar-refractivity contribution in [3.05, 3.63) is 0 Å². The van der Waals surface area contributed by atoms with Crippen LogP contribution in [0, 0.1) is 11.8 Å². The standard InChI is InChI=1S/C15H25NO3/c1-19-15(18)13-8-9-16(11-13)14(17)10-12-6-4-2-3-5-7-12/h12-13H,2-11H2,1H3. The molecule has 0 bridgehead atoms. The van der Waals surface area contributed by atoms with Gasteiger partial charge in [0.15, 0.2) is 0 Å². The number of hydrogen-bond donors (Lipinski definition) is 0. The Morgan fingerprint density at radius 2 is 1.79 bits per heavy atom. The van der Waals surface area contributed by atoms with Crippen LogP contribution in [0.5, 0.6) is 0 Å². The highest BCUT2D eigenvalue weighted by Crippen LogP contribution is 2.27. The molecular formula is C15H25NO3. The van der Waals surface area contributed by atoms with Crippen LogP contribution in [0.3, 0.4) is 0 Å². The maximum absolute atomic E-state index is 12.3. The van der Waals surface area contributed by atoms with Gasteiger partial charge in [-0.05, 0) is 25.2 Å². The first-order valence-corrected chi connectivity index (χ1v) is 7.56. The van der Waals surface area contributed by atoms with Gasteiger partial charge in [0.1, 0.15) is 0 Å². The van der Waals surface area contributed by atoms with E-state index in [0.29, 0.717) is 25.4 Å². The van der Waals surface area contributed by atoms with E-state index < -0.39 is 0 Å². The van der Waals surface area contributed by atoms with Gasteiger partial charge in [0.2, 0.25) is 5.91 Å². The van der Waals surface area contributed by atoms with E-state index in [1.54, 1.807) is 0 Å². The van der Waals surface area contributed by atoms with Crippen LogP contribution in [0.15, 0.2) is 0 Å². The topological polar surface area (TPSA) is 46.6 Å². The Balaban J connectivity index is 1.79. The number of esters is 1. The zero-order valence-electron chi connectivity index (χ0n) is 11.9. The molecule has 0 aromatic heterocycles. The van der Waals surface area contributed by atoms with Crippen LogP contribution >= 0.6 is 0 Å². The number of methoxy groups -OCH3 is 1. The highest BCUT2D eigenvalue weighted by molar-refractivity contribution is 5.79. The first kappa shape index (κ1) is 14.4. The zero-order valence-corrected chi connectivity index (χ0v) is 11.9. The van der Waals surface area contributed by atoms with Crippen molar-refractivity contribution < 1.29 is 14.3 Å². The summed E-state index contributed by atoms with van der Waals surface area (Å²) in [6.07, 6.45) is 8.99.